The molecule has 4 heteroatoms. The Morgan fingerprint density at radius 1 is 0.909 bits per heavy atom. The molecule has 1 aromatic carbocycles. The van der Waals surface area contributed by atoms with Crippen LogP contribution in [0.3, 0.4) is 0 Å². The van der Waals surface area contributed by atoms with Crippen LogP contribution in [0, 0.1) is 0 Å². The molecule has 0 spiro atoms. The molecule has 2 rings (SSSR count). The minimum Gasteiger partial charge on any atom is -0.490 e. The molecular weight excluding hydrogens is 278 g/mol. The van der Waals surface area contributed by atoms with Gasteiger partial charge in [0.05, 0.1) is 23.5 Å². The highest BCUT2D eigenvalue weighted by molar-refractivity contribution is 5.78. The Morgan fingerprint density at radius 2 is 1.45 bits per heavy atom. The van der Waals surface area contributed by atoms with Gasteiger partial charge in [-0.15, -0.1) is 0 Å². The number of ether oxygens (including phenoxy) is 2. The van der Waals surface area contributed by atoms with Crippen molar-refractivity contribution in [3.05, 3.63) is 42.1 Å². The molecule has 0 saturated carbocycles. The maximum absolute atomic E-state index is 11.0. The summed E-state index contributed by atoms with van der Waals surface area (Å²) in [5.74, 6) is 1.40. The SMILES string of the molecule is CC(C)Oc1cccc(OC(C)C)c1-c1cccc(C=O)n1. The van der Waals surface area contributed by atoms with E-state index in [1.54, 1.807) is 12.1 Å². The number of rotatable bonds is 6. The molecule has 0 aliphatic heterocycles. The number of hydrogen-bond acceptors (Lipinski definition) is 4. The predicted molar refractivity (Wildman–Crippen MR) is 86.6 cm³/mol. The number of hydrogen-bond donors (Lipinski definition) is 0. The van der Waals surface area contributed by atoms with Crippen LogP contribution < -0.4 is 9.47 Å². The minimum absolute atomic E-state index is 0.0299. The van der Waals surface area contributed by atoms with Gasteiger partial charge < -0.3 is 9.47 Å². The van der Waals surface area contributed by atoms with E-state index in [0.717, 1.165) is 11.8 Å². The van der Waals surface area contributed by atoms with Gasteiger partial charge in [-0.2, -0.15) is 0 Å². The third-order valence-corrected chi connectivity index (χ3v) is 2.86. The number of pyridine rings is 1. The molecule has 1 heterocycles. The van der Waals surface area contributed by atoms with Crippen LogP contribution in [0.2, 0.25) is 0 Å². The highest BCUT2D eigenvalue weighted by atomic mass is 16.5. The van der Waals surface area contributed by atoms with Crippen LogP contribution in [-0.4, -0.2) is 23.5 Å². The van der Waals surface area contributed by atoms with Crippen molar-refractivity contribution in [2.45, 2.75) is 39.9 Å². The van der Waals surface area contributed by atoms with Crippen molar-refractivity contribution in [2.75, 3.05) is 0 Å². The van der Waals surface area contributed by atoms with Gasteiger partial charge in [0.15, 0.2) is 6.29 Å². The van der Waals surface area contributed by atoms with Crippen molar-refractivity contribution in [3.63, 3.8) is 0 Å². The zero-order chi connectivity index (χ0) is 16.1. The van der Waals surface area contributed by atoms with Gasteiger partial charge in [-0.05, 0) is 52.0 Å². The van der Waals surface area contributed by atoms with E-state index in [0.29, 0.717) is 22.9 Å². The van der Waals surface area contributed by atoms with Crippen molar-refractivity contribution in [1.82, 2.24) is 4.98 Å². The summed E-state index contributed by atoms with van der Waals surface area (Å²) in [6, 6.07) is 11.0. The van der Waals surface area contributed by atoms with Crippen LogP contribution in [0.25, 0.3) is 11.3 Å². The van der Waals surface area contributed by atoms with Gasteiger partial charge in [0.1, 0.15) is 17.2 Å². The maximum atomic E-state index is 11.0. The molecule has 0 radical (unpaired) electrons. The maximum Gasteiger partial charge on any atom is 0.168 e. The molecule has 4 nitrogen and oxygen atoms in total. The van der Waals surface area contributed by atoms with Gasteiger partial charge in [0.2, 0.25) is 0 Å². The Morgan fingerprint density at radius 3 is 1.95 bits per heavy atom. The molecule has 116 valence electrons. The Bertz CT molecular complexity index is 622. The monoisotopic (exact) mass is 299 g/mol. The van der Waals surface area contributed by atoms with Gasteiger partial charge in [0.25, 0.3) is 0 Å². The van der Waals surface area contributed by atoms with Crippen LogP contribution in [0.1, 0.15) is 38.2 Å². The average molecular weight is 299 g/mol. The van der Waals surface area contributed by atoms with E-state index in [4.69, 9.17) is 9.47 Å². The lowest BCUT2D eigenvalue weighted by Gasteiger charge is -2.19. The number of nitrogens with zero attached hydrogens (tertiary/aromatic N) is 1. The fraction of sp³-hybridized carbons (Fsp3) is 0.333. The van der Waals surface area contributed by atoms with Gasteiger partial charge in [0, 0.05) is 0 Å². The van der Waals surface area contributed by atoms with Crippen LogP contribution in [0.15, 0.2) is 36.4 Å². The summed E-state index contributed by atoms with van der Waals surface area (Å²) >= 11 is 0. The van der Waals surface area contributed by atoms with Crippen molar-refractivity contribution in [3.8, 4) is 22.8 Å². The summed E-state index contributed by atoms with van der Waals surface area (Å²) in [5.41, 5.74) is 1.82. The third-order valence-electron chi connectivity index (χ3n) is 2.86. The summed E-state index contributed by atoms with van der Waals surface area (Å²) < 4.78 is 11.8. The molecule has 0 bridgehead atoms. The molecule has 0 saturated heterocycles. The molecule has 1 aromatic heterocycles. The second-order valence-corrected chi connectivity index (χ2v) is 5.53. The van der Waals surface area contributed by atoms with E-state index in [9.17, 15) is 4.79 Å². The highest BCUT2D eigenvalue weighted by Gasteiger charge is 2.16. The summed E-state index contributed by atoms with van der Waals surface area (Å²) in [6.07, 6.45) is 0.794. The molecule has 0 atom stereocenters. The van der Waals surface area contributed by atoms with Crippen LogP contribution in [0.4, 0.5) is 0 Å². The number of aromatic nitrogens is 1. The molecule has 0 aliphatic carbocycles. The number of benzene rings is 1. The van der Waals surface area contributed by atoms with Crippen molar-refractivity contribution in [1.29, 1.82) is 0 Å². The van der Waals surface area contributed by atoms with Gasteiger partial charge in [-0.25, -0.2) is 4.98 Å². The molecule has 22 heavy (non-hydrogen) atoms. The first-order valence-corrected chi connectivity index (χ1v) is 7.40. The van der Waals surface area contributed by atoms with Gasteiger partial charge in [-0.1, -0.05) is 12.1 Å². The summed E-state index contributed by atoms with van der Waals surface area (Å²) in [5, 5.41) is 0. The summed E-state index contributed by atoms with van der Waals surface area (Å²) in [4.78, 5) is 15.4. The second kappa shape index (κ2) is 7.07. The first kappa shape index (κ1) is 16.0. The predicted octanol–water partition coefficient (Wildman–Crippen LogP) is 4.14. The Balaban J connectivity index is 2.59. The lowest BCUT2D eigenvalue weighted by molar-refractivity contribution is 0.111. The lowest BCUT2D eigenvalue weighted by atomic mass is 10.1. The first-order chi connectivity index (χ1) is 10.5. The number of carbonyl (C=O) groups excluding carboxylic acids is 1. The summed E-state index contributed by atoms with van der Waals surface area (Å²) in [7, 11) is 0. The first-order valence-electron chi connectivity index (χ1n) is 7.40. The van der Waals surface area contributed by atoms with E-state index < -0.39 is 0 Å². The van der Waals surface area contributed by atoms with E-state index in [1.807, 2.05) is 52.0 Å². The van der Waals surface area contributed by atoms with Crippen molar-refractivity contribution < 1.29 is 14.3 Å². The Kier molecular flexibility index (Phi) is 5.15. The summed E-state index contributed by atoms with van der Waals surface area (Å²) in [6.45, 7) is 7.87. The van der Waals surface area contributed by atoms with Gasteiger partial charge >= 0.3 is 0 Å². The quantitative estimate of drug-likeness (QED) is 0.752. The van der Waals surface area contributed by atoms with Crippen molar-refractivity contribution in [2.24, 2.45) is 0 Å². The van der Waals surface area contributed by atoms with Gasteiger partial charge in [-0.3, -0.25) is 4.79 Å². The normalized spacial score (nSPS) is 10.8. The zero-order valence-corrected chi connectivity index (χ0v) is 13.4. The van der Waals surface area contributed by atoms with E-state index >= 15 is 0 Å². The molecule has 2 aromatic rings. The van der Waals surface area contributed by atoms with E-state index in [2.05, 4.69) is 4.98 Å². The molecular formula is C18H21NO3. The zero-order valence-electron chi connectivity index (χ0n) is 13.4. The standard InChI is InChI=1S/C18H21NO3/c1-12(2)21-16-9-6-10-17(22-13(3)4)18(16)15-8-5-7-14(11-20)19-15/h5-13H,1-4H3. The van der Waals surface area contributed by atoms with E-state index in [1.165, 1.54) is 0 Å². The highest BCUT2D eigenvalue weighted by Crippen LogP contribution is 2.38. The topological polar surface area (TPSA) is 48.4 Å². The molecule has 0 fully saturated rings. The largest absolute Gasteiger partial charge is 0.490 e. The number of aldehydes is 1. The van der Waals surface area contributed by atoms with Crippen LogP contribution in [-0.2, 0) is 0 Å². The fourth-order valence-electron chi connectivity index (χ4n) is 2.12. The lowest BCUT2D eigenvalue weighted by Crippen LogP contribution is -2.10. The molecule has 0 aliphatic rings. The van der Waals surface area contributed by atoms with E-state index in [-0.39, 0.29) is 12.2 Å². The van der Waals surface area contributed by atoms with Crippen LogP contribution >= 0.6 is 0 Å². The second-order valence-electron chi connectivity index (χ2n) is 5.53. The molecule has 0 amide bonds. The molecule has 0 unspecified atom stereocenters. The third kappa shape index (κ3) is 3.85. The number of carbonyl (C=O) groups is 1. The minimum atomic E-state index is 0.0299. The van der Waals surface area contributed by atoms with Crippen LogP contribution in [0.5, 0.6) is 11.5 Å². The Hall–Kier alpha value is -2.36. The average Bonchev–Trinajstić information content (AvgIpc) is 2.46. The smallest absolute Gasteiger partial charge is 0.168 e. The fourth-order valence-corrected chi connectivity index (χ4v) is 2.12. The Labute approximate surface area is 131 Å². The molecule has 0 N–H and O–H groups in total. The van der Waals surface area contributed by atoms with Crippen molar-refractivity contribution >= 4 is 6.29 Å².